The summed E-state index contributed by atoms with van der Waals surface area (Å²) < 4.78 is 10.2. The summed E-state index contributed by atoms with van der Waals surface area (Å²) >= 11 is 7.18. The highest BCUT2D eigenvalue weighted by atomic mass is 35.5. The van der Waals surface area contributed by atoms with E-state index in [9.17, 15) is 19.5 Å². The first-order valence-electron chi connectivity index (χ1n) is 10.6. The van der Waals surface area contributed by atoms with Crippen LogP contribution in [-0.2, 0) is 14.3 Å². The Morgan fingerprint density at radius 3 is 2.54 bits per heavy atom. The molecule has 0 saturated carbocycles. The lowest BCUT2D eigenvalue weighted by Crippen LogP contribution is -2.29. The number of benzene rings is 2. The van der Waals surface area contributed by atoms with Gasteiger partial charge in [0.05, 0.1) is 36.0 Å². The second kappa shape index (κ2) is 9.89. The molecule has 8 nitrogen and oxygen atoms in total. The molecule has 0 spiro atoms. The van der Waals surface area contributed by atoms with Crippen molar-refractivity contribution in [2.24, 2.45) is 0 Å². The number of aliphatic hydroxyl groups is 1. The molecule has 35 heavy (non-hydrogen) atoms. The van der Waals surface area contributed by atoms with E-state index in [2.05, 4.69) is 4.98 Å². The van der Waals surface area contributed by atoms with Gasteiger partial charge in [0.1, 0.15) is 16.4 Å². The molecular weight excluding hydrogens is 492 g/mol. The van der Waals surface area contributed by atoms with Gasteiger partial charge in [-0.1, -0.05) is 53.3 Å². The fraction of sp³-hybridized carbons (Fsp3) is 0.200. The Morgan fingerprint density at radius 2 is 1.91 bits per heavy atom. The van der Waals surface area contributed by atoms with E-state index in [1.54, 1.807) is 56.3 Å². The fourth-order valence-electron chi connectivity index (χ4n) is 3.82. The van der Waals surface area contributed by atoms with Crippen LogP contribution in [0, 0.1) is 6.92 Å². The number of hydrogen-bond acceptors (Lipinski definition) is 8. The van der Waals surface area contributed by atoms with Crippen LogP contribution in [0.2, 0.25) is 5.02 Å². The zero-order valence-corrected chi connectivity index (χ0v) is 20.6. The highest BCUT2D eigenvalue weighted by Crippen LogP contribution is 2.44. The number of esters is 1. The Labute approximate surface area is 210 Å². The minimum atomic E-state index is -0.974. The van der Waals surface area contributed by atoms with Crippen molar-refractivity contribution in [3.05, 3.63) is 80.8 Å². The molecule has 1 amide bonds. The van der Waals surface area contributed by atoms with E-state index in [1.807, 2.05) is 0 Å². The first-order chi connectivity index (χ1) is 16.8. The molecular formula is C25H21ClN2O6S. The molecule has 1 aliphatic heterocycles. The van der Waals surface area contributed by atoms with Crippen LogP contribution in [-0.4, -0.2) is 41.5 Å². The molecule has 1 aliphatic rings. The molecule has 0 radical (unpaired) electrons. The predicted molar refractivity (Wildman–Crippen MR) is 132 cm³/mol. The van der Waals surface area contributed by atoms with Crippen LogP contribution in [0.4, 0.5) is 5.13 Å². The number of ketones is 1. The molecule has 180 valence electrons. The number of Topliss-reactive ketones (excluding diaryl/α,β-unsaturated/α-hetero) is 1. The van der Waals surface area contributed by atoms with Crippen molar-refractivity contribution < 1.29 is 29.0 Å². The lowest BCUT2D eigenvalue weighted by atomic mass is 9.95. The Hall–Kier alpha value is -3.69. The van der Waals surface area contributed by atoms with Gasteiger partial charge in [0.2, 0.25) is 0 Å². The van der Waals surface area contributed by atoms with E-state index in [1.165, 1.54) is 18.1 Å². The van der Waals surface area contributed by atoms with E-state index < -0.39 is 23.7 Å². The van der Waals surface area contributed by atoms with Crippen LogP contribution in [0.15, 0.2) is 54.1 Å². The number of ether oxygens (including phenoxy) is 2. The molecule has 1 atom stereocenters. The third-order valence-electron chi connectivity index (χ3n) is 5.44. The van der Waals surface area contributed by atoms with Gasteiger partial charge in [-0.3, -0.25) is 14.5 Å². The molecule has 2 aromatic carbocycles. The molecule has 2 heterocycles. The second-order valence-electron chi connectivity index (χ2n) is 7.56. The standard InChI is InChI=1S/C25H21ClN2O6S/c1-4-34-24(32)22-13(2)27-25(35-22)28-19(14-8-6-5-7-9-14)18(21(30)23(28)31)20(29)15-10-11-17(33-3)16(26)12-15/h5-12,19,29H,4H2,1-3H3/t19-/m0/s1. The lowest BCUT2D eigenvalue weighted by Gasteiger charge is -2.23. The average Bonchev–Trinajstić information content (AvgIpc) is 3.36. The van der Waals surface area contributed by atoms with Crippen molar-refractivity contribution in [2.75, 3.05) is 18.6 Å². The number of amides is 1. The van der Waals surface area contributed by atoms with Crippen LogP contribution in [0.1, 0.15) is 39.5 Å². The second-order valence-corrected chi connectivity index (χ2v) is 8.95. The summed E-state index contributed by atoms with van der Waals surface area (Å²) in [7, 11) is 1.46. The molecule has 1 aromatic heterocycles. The van der Waals surface area contributed by atoms with Crippen LogP contribution < -0.4 is 9.64 Å². The van der Waals surface area contributed by atoms with Crippen molar-refractivity contribution in [1.29, 1.82) is 0 Å². The first-order valence-corrected chi connectivity index (χ1v) is 11.8. The summed E-state index contributed by atoms with van der Waals surface area (Å²) in [6.07, 6.45) is 0. The highest BCUT2D eigenvalue weighted by molar-refractivity contribution is 7.17. The fourth-order valence-corrected chi connectivity index (χ4v) is 5.07. The molecule has 1 saturated heterocycles. The number of nitrogens with zero attached hydrogens (tertiary/aromatic N) is 2. The number of aromatic nitrogens is 1. The molecule has 0 aliphatic carbocycles. The van der Waals surface area contributed by atoms with Gasteiger partial charge in [-0.15, -0.1) is 0 Å². The van der Waals surface area contributed by atoms with Gasteiger partial charge in [-0.05, 0) is 37.6 Å². The van der Waals surface area contributed by atoms with Gasteiger partial charge in [0, 0.05) is 5.56 Å². The number of carbonyl (C=O) groups is 3. The number of aryl methyl sites for hydroxylation is 1. The third-order valence-corrected chi connectivity index (χ3v) is 6.87. The molecule has 4 rings (SSSR count). The molecule has 3 aromatic rings. The number of rotatable bonds is 6. The van der Waals surface area contributed by atoms with Crippen molar-refractivity contribution in [3.8, 4) is 5.75 Å². The smallest absolute Gasteiger partial charge is 0.350 e. The van der Waals surface area contributed by atoms with Gasteiger partial charge >= 0.3 is 11.9 Å². The quantitative estimate of drug-likeness (QED) is 0.216. The molecule has 0 bridgehead atoms. The minimum absolute atomic E-state index is 0.118. The number of hydrogen-bond donors (Lipinski definition) is 1. The van der Waals surface area contributed by atoms with Gasteiger partial charge in [0.25, 0.3) is 5.78 Å². The summed E-state index contributed by atoms with van der Waals surface area (Å²) in [6.45, 7) is 3.50. The maximum atomic E-state index is 13.3. The zero-order chi connectivity index (χ0) is 25.3. The van der Waals surface area contributed by atoms with E-state index in [0.717, 1.165) is 11.3 Å². The van der Waals surface area contributed by atoms with Gasteiger partial charge < -0.3 is 14.6 Å². The number of anilines is 1. The summed E-state index contributed by atoms with van der Waals surface area (Å²) in [4.78, 5) is 44.7. The van der Waals surface area contributed by atoms with Gasteiger partial charge in [-0.2, -0.15) is 0 Å². The van der Waals surface area contributed by atoms with Gasteiger partial charge in [0.15, 0.2) is 5.13 Å². The average molecular weight is 513 g/mol. The normalized spacial score (nSPS) is 17.0. The zero-order valence-electron chi connectivity index (χ0n) is 19.1. The predicted octanol–water partition coefficient (Wildman–Crippen LogP) is 4.92. The Morgan fingerprint density at radius 1 is 1.20 bits per heavy atom. The monoisotopic (exact) mass is 512 g/mol. The summed E-state index contributed by atoms with van der Waals surface area (Å²) in [5, 5.41) is 11.6. The summed E-state index contributed by atoms with van der Waals surface area (Å²) in [5.41, 5.74) is 1.09. The minimum Gasteiger partial charge on any atom is -0.507 e. The van der Waals surface area contributed by atoms with Crippen LogP contribution >= 0.6 is 22.9 Å². The molecule has 1 N–H and O–H groups in total. The van der Waals surface area contributed by atoms with Crippen LogP contribution in [0.3, 0.4) is 0 Å². The SMILES string of the molecule is CCOC(=O)c1sc(N2C(=O)C(=O)C(=C(O)c3ccc(OC)c(Cl)c3)[C@@H]2c2ccccc2)nc1C. The van der Waals surface area contributed by atoms with Crippen molar-refractivity contribution in [2.45, 2.75) is 19.9 Å². The largest absolute Gasteiger partial charge is 0.507 e. The van der Waals surface area contributed by atoms with Crippen molar-refractivity contribution >= 4 is 51.5 Å². The Kier molecular flexibility index (Phi) is 6.90. The maximum absolute atomic E-state index is 13.3. The topological polar surface area (TPSA) is 106 Å². The Bertz CT molecular complexity index is 1350. The van der Waals surface area contributed by atoms with Gasteiger partial charge in [-0.25, -0.2) is 9.78 Å². The Balaban J connectivity index is 1.89. The van der Waals surface area contributed by atoms with E-state index in [-0.39, 0.29) is 38.5 Å². The highest BCUT2D eigenvalue weighted by Gasteiger charge is 2.48. The van der Waals surface area contributed by atoms with Crippen LogP contribution in [0.25, 0.3) is 5.76 Å². The first kappa shape index (κ1) is 24.4. The number of aliphatic hydroxyl groups excluding tert-OH is 1. The van der Waals surface area contributed by atoms with E-state index >= 15 is 0 Å². The molecule has 10 heteroatoms. The summed E-state index contributed by atoms with van der Waals surface area (Å²) in [5.74, 6) is -2.30. The van der Waals surface area contributed by atoms with Crippen LogP contribution in [0.5, 0.6) is 5.75 Å². The third kappa shape index (κ3) is 4.40. The number of thiazole rings is 1. The number of methoxy groups -OCH3 is 1. The number of carbonyl (C=O) groups excluding carboxylic acids is 3. The van der Waals surface area contributed by atoms with Crippen molar-refractivity contribution in [1.82, 2.24) is 4.98 Å². The lowest BCUT2D eigenvalue weighted by molar-refractivity contribution is -0.132. The van der Waals surface area contributed by atoms with E-state index in [4.69, 9.17) is 21.1 Å². The van der Waals surface area contributed by atoms with E-state index in [0.29, 0.717) is 17.0 Å². The molecule has 0 unspecified atom stereocenters. The van der Waals surface area contributed by atoms with Crippen molar-refractivity contribution in [3.63, 3.8) is 0 Å². The summed E-state index contributed by atoms with van der Waals surface area (Å²) in [6, 6.07) is 12.4. The number of halogens is 1. The molecule has 1 fully saturated rings. The maximum Gasteiger partial charge on any atom is 0.350 e.